The van der Waals surface area contributed by atoms with Crippen LogP contribution in [-0.4, -0.2) is 12.8 Å². The fourth-order valence-electron chi connectivity index (χ4n) is 5.87. The van der Waals surface area contributed by atoms with Crippen molar-refractivity contribution in [2.24, 2.45) is 10.9 Å². The van der Waals surface area contributed by atoms with Gasteiger partial charge in [0.25, 0.3) is 0 Å². The summed E-state index contributed by atoms with van der Waals surface area (Å²) in [6.07, 6.45) is 7.70. The van der Waals surface area contributed by atoms with Crippen LogP contribution in [0.2, 0.25) is 0 Å². The number of nitrogens with zero attached hydrogens (tertiary/aromatic N) is 1. The van der Waals surface area contributed by atoms with Crippen molar-refractivity contribution in [2.75, 3.05) is 11.9 Å². The van der Waals surface area contributed by atoms with E-state index in [0.717, 1.165) is 27.7 Å². The molecule has 0 saturated carbocycles. The van der Waals surface area contributed by atoms with E-state index in [2.05, 4.69) is 114 Å². The molecule has 0 saturated heterocycles. The van der Waals surface area contributed by atoms with Crippen LogP contribution in [0.1, 0.15) is 58.7 Å². The number of aliphatic imine (C=N–C) groups is 1. The Labute approximate surface area is 251 Å². The number of aryl methyl sites for hydroxylation is 2. The van der Waals surface area contributed by atoms with Gasteiger partial charge in [-0.1, -0.05) is 71.8 Å². The largest absolute Gasteiger partial charge is 0.490 e. The molecule has 1 aliphatic carbocycles. The number of benzene rings is 4. The molecule has 6 rings (SSSR count). The van der Waals surface area contributed by atoms with Gasteiger partial charge in [0.2, 0.25) is 0 Å². The number of rotatable bonds is 8. The number of hydrogen-bond acceptors (Lipinski definition) is 4. The molecule has 208 valence electrons. The van der Waals surface area contributed by atoms with Crippen LogP contribution in [0.3, 0.4) is 0 Å². The fourth-order valence-corrected chi connectivity index (χ4v) is 6.44. The molecule has 0 amide bonds. The van der Waals surface area contributed by atoms with Crippen LogP contribution >= 0.6 is 15.9 Å². The third-order valence-electron chi connectivity index (χ3n) is 7.97. The SMILES string of the molecule is CCOc1cc(C=Nc2ccc([C@@H]3Nc4ccc(C)cc4[C@H]4C=CC[C@H]43)cc2)cc(Br)c1OCc1ccc(C)cc1. The highest BCUT2D eigenvalue weighted by Crippen LogP contribution is 2.50. The van der Waals surface area contributed by atoms with Crippen molar-refractivity contribution < 1.29 is 9.47 Å². The topological polar surface area (TPSA) is 42.8 Å². The first-order chi connectivity index (χ1) is 20.0. The van der Waals surface area contributed by atoms with E-state index in [1.54, 1.807) is 0 Å². The molecule has 5 heteroatoms. The van der Waals surface area contributed by atoms with Crippen molar-refractivity contribution in [3.05, 3.63) is 129 Å². The molecule has 0 bridgehead atoms. The van der Waals surface area contributed by atoms with E-state index >= 15 is 0 Å². The van der Waals surface area contributed by atoms with Gasteiger partial charge in [0, 0.05) is 17.8 Å². The van der Waals surface area contributed by atoms with E-state index in [4.69, 9.17) is 14.5 Å². The first-order valence-electron chi connectivity index (χ1n) is 14.3. The molecule has 1 aliphatic heterocycles. The molecule has 1 heterocycles. The zero-order valence-corrected chi connectivity index (χ0v) is 25.3. The molecule has 0 unspecified atom stereocenters. The Kier molecular flexibility index (Phi) is 7.97. The minimum atomic E-state index is 0.278. The van der Waals surface area contributed by atoms with Gasteiger partial charge in [-0.15, -0.1) is 0 Å². The molecule has 41 heavy (non-hydrogen) atoms. The maximum atomic E-state index is 6.17. The zero-order chi connectivity index (χ0) is 28.3. The van der Waals surface area contributed by atoms with Crippen molar-refractivity contribution in [2.45, 2.75) is 45.8 Å². The molecule has 3 atom stereocenters. The quantitative estimate of drug-likeness (QED) is 0.160. The maximum absolute atomic E-state index is 6.17. The average Bonchev–Trinajstić information content (AvgIpc) is 3.47. The number of hydrogen-bond donors (Lipinski definition) is 1. The summed E-state index contributed by atoms with van der Waals surface area (Å²) in [7, 11) is 0. The molecular weight excluding hydrogens is 572 g/mol. The van der Waals surface area contributed by atoms with E-state index in [1.807, 2.05) is 25.3 Å². The molecule has 4 aromatic rings. The van der Waals surface area contributed by atoms with Gasteiger partial charge in [0.15, 0.2) is 11.5 Å². The normalized spacial score (nSPS) is 19.1. The molecule has 4 nitrogen and oxygen atoms in total. The van der Waals surface area contributed by atoms with E-state index in [9.17, 15) is 0 Å². The summed E-state index contributed by atoms with van der Waals surface area (Å²) >= 11 is 3.69. The van der Waals surface area contributed by atoms with Crippen molar-refractivity contribution in [3.8, 4) is 11.5 Å². The number of allylic oxidation sites excluding steroid dienone is 2. The fraction of sp³-hybridized carbons (Fsp3) is 0.250. The Balaban J connectivity index is 1.17. The van der Waals surface area contributed by atoms with Crippen LogP contribution < -0.4 is 14.8 Å². The standard InChI is InChI=1S/C36H35BrN2O2/c1-4-40-34-20-26(19-32(37)36(34)41-22-25-11-8-23(2)9-12-25)21-38-28-15-13-27(14-16-28)35-30-7-5-6-29(30)31-18-24(3)10-17-33(31)39-35/h5-6,8-21,29-30,35,39H,4,7,22H2,1-3H3/t29-,30+,35-/m0/s1. The highest BCUT2D eigenvalue weighted by Gasteiger charge is 2.37. The van der Waals surface area contributed by atoms with Crippen LogP contribution in [0.5, 0.6) is 11.5 Å². The molecule has 0 fully saturated rings. The first kappa shape index (κ1) is 27.3. The zero-order valence-electron chi connectivity index (χ0n) is 23.7. The van der Waals surface area contributed by atoms with Crippen molar-refractivity contribution in [1.29, 1.82) is 0 Å². The minimum absolute atomic E-state index is 0.278. The summed E-state index contributed by atoms with van der Waals surface area (Å²) in [6, 6.07) is 28.0. The molecule has 0 spiro atoms. The van der Waals surface area contributed by atoms with Crippen molar-refractivity contribution >= 4 is 33.5 Å². The van der Waals surface area contributed by atoms with Crippen LogP contribution in [0.4, 0.5) is 11.4 Å². The van der Waals surface area contributed by atoms with Gasteiger partial charge < -0.3 is 14.8 Å². The monoisotopic (exact) mass is 606 g/mol. The van der Waals surface area contributed by atoms with E-state index in [0.29, 0.717) is 36.5 Å². The average molecular weight is 608 g/mol. The van der Waals surface area contributed by atoms with Crippen molar-refractivity contribution in [3.63, 3.8) is 0 Å². The van der Waals surface area contributed by atoms with Gasteiger partial charge in [-0.3, -0.25) is 4.99 Å². The smallest absolute Gasteiger partial charge is 0.175 e. The third kappa shape index (κ3) is 5.96. The molecular formula is C36H35BrN2O2. The first-order valence-corrected chi connectivity index (χ1v) is 15.1. The van der Waals surface area contributed by atoms with Gasteiger partial charge in [-0.05, 0) is 102 Å². The second-order valence-corrected chi connectivity index (χ2v) is 11.8. The van der Waals surface area contributed by atoms with Crippen LogP contribution in [0.25, 0.3) is 0 Å². The van der Waals surface area contributed by atoms with Crippen LogP contribution in [-0.2, 0) is 6.61 Å². The van der Waals surface area contributed by atoms with E-state index < -0.39 is 0 Å². The molecule has 0 aromatic heterocycles. The van der Waals surface area contributed by atoms with E-state index in [-0.39, 0.29) is 6.04 Å². The molecule has 2 aliphatic rings. The van der Waals surface area contributed by atoms with Gasteiger partial charge in [0.05, 0.1) is 22.8 Å². The summed E-state index contributed by atoms with van der Waals surface area (Å²) in [5.74, 6) is 2.39. The van der Waals surface area contributed by atoms with Crippen LogP contribution in [0, 0.1) is 19.8 Å². The molecule has 4 aromatic carbocycles. The predicted molar refractivity (Wildman–Crippen MR) is 172 cm³/mol. The Morgan fingerprint density at radius 3 is 2.49 bits per heavy atom. The number of anilines is 1. The number of halogens is 1. The number of ether oxygens (including phenoxy) is 2. The predicted octanol–water partition coefficient (Wildman–Crippen LogP) is 9.62. The molecule has 0 radical (unpaired) electrons. The van der Waals surface area contributed by atoms with Gasteiger partial charge in [-0.2, -0.15) is 0 Å². The summed E-state index contributed by atoms with van der Waals surface area (Å²) in [6.45, 7) is 7.25. The lowest BCUT2D eigenvalue weighted by Crippen LogP contribution is -2.29. The number of fused-ring (bicyclic) bond motifs is 3. The van der Waals surface area contributed by atoms with E-state index in [1.165, 1.54) is 27.9 Å². The lowest BCUT2D eigenvalue weighted by molar-refractivity contribution is 0.267. The third-order valence-corrected chi connectivity index (χ3v) is 8.56. The minimum Gasteiger partial charge on any atom is -0.490 e. The van der Waals surface area contributed by atoms with Crippen molar-refractivity contribution in [1.82, 2.24) is 0 Å². The Morgan fingerprint density at radius 2 is 1.71 bits per heavy atom. The Bertz CT molecular complexity index is 1590. The Morgan fingerprint density at radius 1 is 0.927 bits per heavy atom. The second kappa shape index (κ2) is 12.0. The number of nitrogens with one attached hydrogen (secondary N) is 1. The highest BCUT2D eigenvalue weighted by molar-refractivity contribution is 9.10. The molecule has 1 N–H and O–H groups in total. The Hall–Kier alpha value is -3.83. The van der Waals surface area contributed by atoms with Gasteiger partial charge in [-0.25, -0.2) is 0 Å². The summed E-state index contributed by atoms with van der Waals surface area (Å²) in [4.78, 5) is 4.77. The van der Waals surface area contributed by atoms with Crippen LogP contribution in [0.15, 0.2) is 100 Å². The lowest BCUT2D eigenvalue weighted by Gasteiger charge is -2.37. The van der Waals surface area contributed by atoms with Gasteiger partial charge >= 0.3 is 0 Å². The highest BCUT2D eigenvalue weighted by atomic mass is 79.9. The lowest BCUT2D eigenvalue weighted by atomic mass is 9.76. The van der Waals surface area contributed by atoms with Gasteiger partial charge in [0.1, 0.15) is 6.61 Å². The summed E-state index contributed by atoms with van der Waals surface area (Å²) in [5.41, 5.74) is 9.47. The maximum Gasteiger partial charge on any atom is 0.175 e. The summed E-state index contributed by atoms with van der Waals surface area (Å²) < 4.78 is 12.9. The second-order valence-electron chi connectivity index (χ2n) is 11.0. The summed E-state index contributed by atoms with van der Waals surface area (Å²) in [5, 5.41) is 3.83.